The maximum absolute atomic E-state index is 13.0. The van der Waals surface area contributed by atoms with Crippen LogP contribution in [0.4, 0.5) is 0 Å². The molecule has 2 amide bonds. The number of allylic oxidation sites excluding steroid dienone is 3. The third kappa shape index (κ3) is 6.90. The first-order chi connectivity index (χ1) is 24.2. The average Bonchev–Trinajstić information content (AvgIpc) is 3.64. The van der Waals surface area contributed by atoms with Gasteiger partial charge in [-0.25, -0.2) is 20.2 Å². The fraction of sp³-hybridized carbons (Fsp3) is 0.436. The predicted octanol–water partition coefficient (Wildman–Crippen LogP) is 6.75. The average molecular weight is 730 g/mol. The van der Waals surface area contributed by atoms with E-state index in [0.29, 0.717) is 16.6 Å². The van der Waals surface area contributed by atoms with Gasteiger partial charge in [-0.2, -0.15) is 0 Å². The normalized spacial score (nSPS) is 20.8. The van der Waals surface area contributed by atoms with Gasteiger partial charge in [-0.05, 0) is 94.6 Å². The summed E-state index contributed by atoms with van der Waals surface area (Å²) >= 11 is 7.81. The number of hydrazine groups is 1. The molecule has 268 valence electrons. The Hall–Kier alpha value is -3.87. The predicted molar refractivity (Wildman–Crippen MR) is 200 cm³/mol. The Morgan fingerprint density at radius 3 is 2.37 bits per heavy atom. The molecule has 0 bridgehead atoms. The molecule has 10 nitrogen and oxygen atoms in total. The minimum Gasteiger partial charge on any atom is -0.479 e. The number of carboxylic acids is 1. The number of nitrogens with one attached hydrogen (secondary N) is 1. The van der Waals surface area contributed by atoms with Gasteiger partial charge < -0.3 is 14.7 Å². The first-order valence-electron chi connectivity index (χ1n) is 17.5. The second-order valence-corrected chi connectivity index (χ2v) is 16.4. The fourth-order valence-electron chi connectivity index (χ4n) is 7.75. The van der Waals surface area contributed by atoms with Crippen molar-refractivity contribution in [3.8, 4) is 11.1 Å². The van der Waals surface area contributed by atoms with Gasteiger partial charge in [0.15, 0.2) is 6.10 Å². The molecule has 4 aliphatic rings. The lowest BCUT2D eigenvalue weighted by molar-refractivity contribution is -0.160. The second kappa shape index (κ2) is 13.6. The summed E-state index contributed by atoms with van der Waals surface area (Å²) in [6.45, 7) is 14.1. The number of aromatic nitrogens is 1. The molecule has 12 heteroatoms. The molecule has 1 aliphatic carbocycles. The van der Waals surface area contributed by atoms with Gasteiger partial charge in [0.1, 0.15) is 5.01 Å². The summed E-state index contributed by atoms with van der Waals surface area (Å²) in [6.07, 6.45) is 6.96. The molecule has 2 fully saturated rings. The molecule has 51 heavy (non-hydrogen) atoms. The quantitative estimate of drug-likeness (QED) is 0.275. The van der Waals surface area contributed by atoms with E-state index in [4.69, 9.17) is 21.3 Å². The number of fused-ring (bicyclic) bond motifs is 2. The molecule has 1 aromatic heterocycles. The van der Waals surface area contributed by atoms with Gasteiger partial charge in [0.25, 0.3) is 0 Å². The lowest BCUT2D eigenvalue weighted by Gasteiger charge is -2.47. The molecule has 2 atom stereocenters. The summed E-state index contributed by atoms with van der Waals surface area (Å²) in [6, 6.07) is 9.67. The minimum atomic E-state index is -1.20. The van der Waals surface area contributed by atoms with Gasteiger partial charge in [-0.15, -0.1) is 11.3 Å². The zero-order valence-corrected chi connectivity index (χ0v) is 31.4. The Morgan fingerprint density at radius 1 is 1.08 bits per heavy atom. The van der Waals surface area contributed by atoms with E-state index in [1.807, 2.05) is 62.9 Å². The number of thiazole rings is 1. The number of likely N-dealkylation sites (tertiary alicyclic amines) is 2. The van der Waals surface area contributed by atoms with Crippen LogP contribution in [-0.2, 0) is 19.1 Å². The first kappa shape index (κ1) is 35.5. The molecule has 0 radical (unpaired) electrons. The van der Waals surface area contributed by atoms with Crippen molar-refractivity contribution < 1.29 is 24.2 Å². The maximum atomic E-state index is 13.0. The first-order valence-corrected chi connectivity index (χ1v) is 18.7. The van der Waals surface area contributed by atoms with Crippen molar-refractivity contribution in [2.24, 2.45) is 5.92 Å². The topological polar surface area (TPSA) is 115 Å². The Labute approximate surface area is 307 Å². The summed E-state index contributed by atoms with van der Waals surface area (Å²) in [4.78, 5) is 46.9. The summed E-state index contributed by atoms with van der Waals surface area (Å²) in [7, 11) is 0. The largest absolute Gasteiger partial charge is 0.479 e. The third-order valence-corrected chi connectivity index (χ3v) is 11.6. The summed E-state index contributed by atoms with van der Waals surface area (Å²) in [5.74, 6) is -0.769. The zero-order valence-electron chi connectivity index (χ0n) is 29.8. The van der Waals surface area contributed by atoms with Crippen LogP contribution in [0.25, 0.3) is 26.9 Å². The van der Waals surface area contributed by atoms with Gasteiger partial charge >= 0.3 is 5.97 Å². The molecule has 0 saturated carbocycles. The van der Waals surface area contributed by atoms with Crippen molar-refractivity contribution in [2.45, 2.75) is 78.2 Å². The van der Waals surface area contributed by atoms with E-state index in [9.17, 15) is 19.5 Å². The van der Waals surface area contributed by atoms with Crippen LogP contribution >= 0.6 is 22.9 Å². The number of rotatable bonds is 7. The van der Waals surface area contributed by atoms with E-state index in [0.717, 1.165) is 87.8 Å². The molecule has 3 aliphatic heterocycles. The molecular formula is C39H44ClN5O5S. The highest BCUT2D eigenvalue weighted by Crippen LogP contribution is 2.45. The molecule has 7 rings (SSSR count). The van der Waals surface area contributed by atoms with Crippen LogP contribution in [0, 0.1) is 12.8 Å². The van der Waals surface area contributed by atoms with Crippen LogP contribution in [-0.4, -0.2) is 86.5 Å². The summed E-state index contributed by atoms with van der Waals surface area (Å²) in [5, 5.41) is 13.6. The number of aliphatic carboxylic acids is 1. The van der Waals surface area contributed by atoms with E-state index in [-0.39, 0.29) is 23.8 Å². The van der Waals surface area contributed by atoms with E-state index in [1.165, 1.54) is 11.3 Å². The standard InChI is InChI=1S/C39H44ClN5O5S/c1-21-17-31-36(33(24-7-10-27(40)11-8-24)32(21)35(38(48)49)50-39(4,5)6)51-37(41-31)26-9-12-30-29(18-26)34(45(42-30)23(3)47)25-13-15-43(16-14-25)28-19-44(20-28)22(2)46/h7-12,17-18,25,28,30,35,42H,13-16,19-20H2,1-6H3,(H,48,49)/t30?,35-/m0/s1. The molecule has 3 aromatic rings. The van der Waals surface area contributed by atoms with Crippen molar-refractivity contribution in [1.82, 2.24) is 25.2 Å². The maximum Gasteiger partial charge on any atom is 0.337 e. The SMILES string of the molecule is CC(=O)N1CC(N2CCC(C3=C4C=C(c5nc6cc(C)c([C@H](OC(C)(C)C)C(=O)O)c(-c7ccc(Cl)cc7)c6s5)C=CC4NN3C(C)=O)CC2)C1. The third-order valence-electron chi connectivity index (χ3n) is 10.2. The van der Waals surface area contributed by atoms with E-state index in [1.54, 1.807) is 18.9 Å². The van der Waals surface area contributed by atoms with Crippen LogP contribution in [0.15, 0.2) is 59.8 Å². The molecule has 0 spiro atoms. The Bertz CT molecular complexity index is 2000. The number of ether oxygens (including phenoxy) is 1. The van der Waals surface area contributed by atoms with Crippen LogP contribution in [0.1, 0.15) is 69.7 Å². The molecule has 2 saturated heterocycles. The number of piperidine rings is 1. The highest BCUT2D eigenvalue weighted by molar-refractivity contribution is 7.20. The van der Waals surface area contributed by atoms with E-state index >= 15 is 0 Å². The minimum absolute atomic E-state index is 0.0465. The number of carbonyl (C=O) groups is 3. The lowest BCUT2D eigenvalue weighted by atomic mass is 9.86. The lowest BCUT2D eigenvalue weighted by Crippen LogP contribution is -2.61. The number of aryl methyl sites for hydroxylation is 1. The Morgan fingerprint density at radius 2 is 1.76 bits per heavy atom. The number of nitrogens with zero attached hydrogens (tertiary/aromatic N) is 4. The number of carboxylic acid groups (broad SMARTS) is 1. The number of halogens is 1. The summed E-state index contributed by atoms with van der Waals surface area (Å²) in [5.41, 5.74) is 9.52. The number of benzene rings is 2. The number of carbonyl (C=O) groups excluding carboxylic acids is 2. The van der Waals surface area contributed by atoms with Crippen LogP contribution < -0.4 is 5.43 Å². The van der Waals surface area contributed by atoms with Gasteiger partial charge in [0.05, 0.1) is 21.9 Å². The number of hydrogen-bond donors (Lipinski definition) is 2. The Balaban J connectivity index is 1.28. The Kier molecular flexibility index (Phi) is 9.47. The highest BCUT2D eigenvalue weighted by atomic mass is 35.5. The van der Waals surface area contributed by atoms with Crippen molar-refractivity contribution in [3.63, 3.8) is 0 Å². The molecular weight excluding hydrogens is 686 g/mol. The van der Waals surface area contributed by atoms with Crippen molar-refractivity contribution in [1.29, 1.82) is 0 Å². The van der Waals surface area contributed by atoms with Gasteiger partial charge in [-0.3, -0.25) is 14.5 Å². The molecule has 1 unspecified atom stereocenters. The van der Waals surface area contributed by atoms with Crippen molar-refractivity contribution in [3.05, 3.63) is 81.0 Å². The van der Waals surface area contributed by atoms with E-state index in [2.05, 4.69) is 28.6 Å². The second-order valence-electron chi connectivity index (χ2n) is 15.0. The number of amides is 2. The van der Waals surface area contributed by atoms with Crippen molar-refractivity contribution >= 4 is 56.5 Å². The fourth-order valence-corrected chi connectivity index (χ4v) is 9.00. The van der Waals surface area contributed by atoms with E-state index < -0.39 is 17.7 Å². The monoisotopic (exact) mass is 729 g/mol. The molecule has 2 aromatic carbocycles. The van der Waals surface area contributed by atoms with Gasteiger partial charge in [-0.1, -0.05) is 35.9 Å². The smallest absolute Gasteiger partial charge is 0.337 e. The van der Waals surface area contributed by atoms with Gasteiger partial charge in [0.2, 0.25) is 11.8 Å². The molecule has 2 N–H and O–H groups in total. The highest BCUT2D eigenvalue weighted by Gasteiger charge is 2.41. The number of hydrogen-bond acceptors (Lipinski definition) is 8. The van der Waals surface area contributed by atoms with Crippen molar-refractivity contribution in [2.75, 3.05) is 26.2 Å². The van der Waals surface area contributed by atoms with Crippen LogP contribution in [0.2, 0.25) is 5.02 Å². The zero-order chi connectivity index (χ0) is 36.4. The van der Waals surface area contributed by atoms with Crippen LogP contribution in [0.5, 0.6) is 0 Å². The van der Waals surface area contributed by atoms with Crippen LogP contribution in [0.3, 0.4) is 0 Å². The summed E-state index contributed by atoms with van der Waals surface area (Å²) < 4.78 is 7.05. The van der Waals surface area contributed by atoms with Gasteiger partial charge in [0, 0.05) is 66.3 Å². The molecule has 4 heterocycles.